The molecule has 0 saturated carbocycles. The molecule has 0 aliphatic carbocycles. The third-order valence-electron chi connectivity index (χ3n) is 4.13. The smallest absolute Gasteiger partial charge is 0.275 e. The normalized spacial score (nSPS) is 19.9. The van der Waals surface area contributed by atoms with E-state index in [9.17, 15) is 9.59 Å². The second-order valence-corrected chi connectivity index (χ2v) is 5.72. The van der Waals surface area contributed by atoms with Crippen LogP contribution in [0.2, 0.25) is 0 Å². The molecule has 0 fully saturated rings. The zero-order valence-corrected chi connectivity index (χ0v) is 13.3. The van der Waals surface area contributed by atoms with E-state index in [1.807, 2.05) is 47.4 Å². The van der Waals surface area contributed by atoms with E-state index in [1.165, 1.54) is 12.1 Å². The highest BCUT2D eigenvalue weighted by Gasteiger charge is 2.33. The number of aromatic amines is 1. The highest BCUT2D eigenvalue weighted by atomic mass is 16.2. The third-order valence-corrected chi connectivity index (χ3v) is 4.13. The Morgan fingerprint density at radius 2 is 2.08 bits per heavy atom. The molecule has 0 spiro atoms. The quantitative estimate of drug-likeness (QED) is 0.881. The van der Waals surface area contributed by atoms with Crippen LogP contribution in [0.1, 0.15) is 34.9 Å². The molecule has 5 nitrogen and oxygen atoms in total. The second-order valence-electron chi connectivity index (χ2n) is 5.72. The molecular weight excluding hydrogens is 302 g/mol. The van der Waals surface area contributed by atoms with E-state index in [2.05, 4.69) is 22.9 Å². The number of carbonyl (C=O) groups excluding carboxylic acids is 1. The van der Waals surface area contributed by atoms with Crippen LogP contribution in [-0.4, -0.2) is 27.0 Å². The van der Waals surface area contributed by atoms with Gasteiger partial charge in [0.05, 0.1) is 6.04 Å². The topological polar surface area (TPSA) is 66.1 Å². The van der Waals surface area contributed by atoms with E-state index in [0.717, 1.165) is 12.0 Å². The van der Waals surface area contributed by atoms with E-state index >= 15 is 0 Å². The lowest BCUT2D eigenvalue weighted by Crippen LogP contribution is -2.44. The predicted molar refractivity (Wildman–Crippen MR) is 92.6 cm³/mol. The Kier molecular flexibility index (Phi) is 4.70. The number of rotatable bonds is 4. The average molecular weight is 321 g/mol. The van der Waals surface area contributed by atoms with Crippen LogP contribution < -0.4 is 5.56 Å². The summed E-state index contributed by atoms with van der Waals surface area (Å²) < 4.78 is 0. The Labute approximate surface area is 140 Å². The summed E-state index contributed by atoms with van der Waals surface area (Å²) in [6, 6.07) is 12.5. The monoisotopic (exact) mass is 321 g/mol. The van der Waals surface area contributed by atoms with Gasteiger partial charge in [0, 0.05) is 12.1 Å². The molecule has 3 rings (SSSR count). The Morgan fingerprint density at radius 1 is 1.29 bits per heavy atom. The minimum Gasteiger partial charge on any atom is -0.323 e. The maximum Gasteiger partial charge on any atom is 0.275 e. The zero-order chi connectivity index (χ0) is 16.9. The lowest BCUT2D eigenvalue weighted by molar-refractivity contribution is 0.0596. The van der Waals surface area contributed by atoms with Gasteiger partial charge in [-0.2, -0.15) is 5.10 Å². The number of aromatic nitrogens is 2. The van der Waals surface area contributed by atoms with Crippen molar-refractivity contribution in [2.24, 2.45) is 0 Å². The van der Waals surface area contributed by atoms with E-state index in [-0.39, 0.29) is 29.2 Å². The van der Waals surface area contributed by atoms with Crippen LogP contribution in [0.3, 0.4) is 0 Å². The van der Waals surface area contributed by atoms with Crippen molar-refractivity contribution in [3.05, 3.63) is 88.9 Å². The van der Waals surface area contributed by atoms with Gasteiger partial charge >= 0.3 is 0 Å². The van der Waals surface area contributed by atoms with Gasteiger partial charge in [-0.05, 0) is 24.5 Å². The third kappa shape index (κ3) is 3.20. The molecule has 2 atom stereocenters. The van der Waals surface area contributed by atoms with Gasteiger partial charge in [-0.3, -0.25) is 9.59 Å². The van der Waals surface area contributed by atoms with Gasteiger partial charge in [0.25, 0.3) is 11.5 Å². The molecule has 24 heavy (non-hydrogen) atoms. The second kappa shape index (κ2) is 7.08. The summed E-state index contributed by atoms with van der Waals surface area (Å²) in [7, 11) is 0. The molecule has 1 aliphatic rings. The molecule has 1 aromatic heterocycles. The average Bonchev–Trinajstić information content (AvgIpc) is 2.63. The van der Waals surface area contributed by atoms with Gasteiger partial charge < -0.3 is 4.90 Å². The molecule has 1 N–H and O–H groups in total. The molecule has 2 heterocycles. The van der Waals surface area contributed by atoms with Crippen molar-refractivity contribution in [1.29, 1.82) is 0 Å². The first-order chi connectivity index (χ1) is 11.7. The summed E-state index contributed by atoms with van der Waals surface area (Å²) >= 11 is 0. The Balaban J connectivity index is 2.00. The number of carbonyl (C=O) groups is 1. The first kappa shape index (κ1) is 15.9. The fraction of sp³-hybridized carbons (Fsp3) is 0.211. The molecule has 0 saturated heterocycles. The van der Waals surface area contributed by atoms with Crippen molar-refractivity contribution in [3.8, 4) is 0 Å². The van der Waals surface area contributed by atoms with Gasteiger partial charge in [0.2, 0.25) is 0 Å². The van der Waals surface area contributed by atoms with Crippen molar-refractivity contribution < 1.29 is 4.79 Å². The van der Waals surface area contributed by atoms with Gasteiger partial charge in [0.1, 0.15) is 5.69 Å². The van der Waals surface area contributed by atoms with Crippen LogP contribution >= 0.6 is 0 Å². The summed E-state index contributed by atoms with van der Waals surface area (Å²) in [4.78, 5) is 26.1. The first-order valence-corrected chi connectivity index (χ1v) is 7.91. The number of benzene rings is 1. The Morgan fingerprint density at radius 3 is 2.75 bits per heavy atom. The van der Waals surface area contributed by atoms with Crippen LogP contribution in [0, 0.1) is 0 Å². The molecule has 0 unspecified atom stereocenters. The van der Waals surface area contributed by atoms with E-state index in [4.69, 9.17) is 0 Å². The van der Waals surface area contributed by atoms with Crippen molar-refractivity contribution in [2.45, 2.75) is 24.9 Å². The summed E-state index contributed by atoms with van der Waals surface area (Å²) in [6.07, 6.45) is 7.44. The molecule has 0 radical (unpaired) electrons. The fourth-order valence-electron chi connectivity index (χ4n) is 3.01. The molecule has 1 aliphatic heterocycles. The van der Waals surface area contributed by atoms with Crippen molar-refractivity contribution in [2.75, 3.05) is 0 Å². The highest BCUT2D eigenvalue weighted by molar-refractivity contribution is 5.93. The van der Waals surface area contributed by atoms with Crippen LogP contribution in [0.5, 0.6) is 0 Å². The van der Waals surface area contributed by atoms with E-state index in [1.54, 1.807) is 0 Å². The van der Waals surface area contributed by atoms with Crippen LogP contribution in [0.25, 0.3) is 0 Å². The van der Waals surface area contributed by atoms with Crippen molar-refractivity contribution >= 4 is 5.91 Å². The molecule has 2 aromatic rings. The lowest BCUT2D eigenvalue weighted by atomic mass is 9.94. The van der Waals surface area contributed by atoms with Gasteiger partial charge in [-0.15, -0.1) is 6.58 Å². The maximum atomic E-state index is 13.1. The van der Waals surface area contributed by atoms with Crippen LogP contribution in [0.15, 0.2) is 72.1 Å². The lowest BCUT2D eigenvalue weighted by Gasteiger charge is -2.39. The number of nitrogens with one attached hydrogen (secondary N) is 1. The van der Waals surface area contributed by atoms with Gasteiger partial charge in [-0.1, -0.05) is 48.6 Å². The molecule has 1 aromatic carbocycles. The fourth-order valence-corrected chi connectivity index (χ4v) is 3.01. The summed E-state index contributed by atoms with van der Waals surface area (Å²) in [6.45, 7) is 3.81. The summed E-state index contributed by atoms with van der Waals surface area (Å²) in [5.41, 5.74) is 0.951. The predicted octanol–water partition coefficient (Wildman–Crippen LogP) is 2.86. The first-order valence-electron chi connectivity index (χ1n) is 7.91. The highest BCUT2D eigenvalue weighted by Crippen LogP contribution is 2.32. The molecule has 122 valence electrons. The number of hydrogen-bond acceptors (Lipinski definition) is 3. The summed E-state index contributed by atoms with van der Waals surface area (Å²) in [5, 5.41) is 6.23. The van der Waals surface area contributed by atoms with E-state index in [0.29, 0.717) is 6.42 Å². The molecular formula is C19H19N3O2. The number of amides is 1. The van der Waals surface area contributed by atoms with Crippen molar-refractivity contribution in [3.63, 3.8) is 0 Å². The largest absolute Gasteiger partial charge is 0.323 e. The van der Waals surface area contributed by atoms with Gasteiger partial charge in [0.15, 0.2) is 0 Å². The minimum absolute atomic E-state index is 0.0129. The minimum atomic E-state index is -0.327. The SMILES string of the molecule is C=CC[C@@H]1CC=C[C@@H](c2ccccc2)N1C(=O)c1ccc(=O)[nH]n1. The Bertz CT molecular complexity index is 790. The van der Waals surface area contributed by atoms with Crippen LogP contribution in [0.4, 0.5) is 0 Å². The summed E-state index contributed by atoms with van der Waals surface area (Å²) in [5.74, 6) is -0.198. The maximum absolute atomic E-state index is 13.1. The van der Waals surface area contributed by atoms with Crippen LogP contribution in [-0.2, 0) is 0 Å². The zero-order valence-electron chi connectivity index (χ0n) is 13.3. The standard InChI is InChI=1S/C19H19N3O2/c1-2-7-15-10-6-11-17(14-8-4-3-5-9-14)22(15)19(24)16-12-13-18(23)21-20-16/h2-6,8-9,11-13,15,17H,1,7,10H2,(H,21,23)/t15-,17+/m1/s1. The van der Waals surface area contributed by atoms with Gasteiger partial charge in [-0.25, -0.2) is 5.10 Å². The molecule has 0 bridgehead atoms. The number of hydrogen-bond donors (Lipinski definition) is 1. The Hall–Kier alpha value is -2.95. The molecule has 5 heteroatoms. The van der Waals surface area contributed by atoms with Crippen molar-refractivity contribution in [1.82, 2.24) is 15.1 Å². The number of H-pyrrole nitrogens is 1. The van der Waals surface area contributed by atoms with E-state index < -0.39 is 0 Å². The molecule has 1 amide bonds. The number of nitrogens with zero attached hydrogens (tertiary/aromatic N) is 2.